The van der Waals surface area contributed by atoms with Crippen molar-refractivity contribution in [3.63, 3.8) is 0 Å². The number of rotatable bonds is 5. The topological polar surface area (TPSA) is 35.5 Å². The van der Waals surface area contributed by atoms with E-state index in [1.165, 1.54) is 5.56 Å². The maximum absolute atomic E-state index is 11.7. The molecule has 0 N–H and O–H groups in total. The van der Waals surface area contributed by atoms with E-state index < -0.39 is 0 Å². The second kappa shape index (κ2) is 6.71. The maximum atomic E-state index is 11.7. The molecule has 1 heterocycles. The molecule has 0 aromatic heterocycles. The van der Waals surface area contributed by atoms with Crippen LogP contribution < -0.4 is 0 Å². The van der Waals surface area contributed by atoms with Gasteiger partial charge < -0.3 is 9.47 Å². The van der Waals surface area contributed by atoms with Gasteiger partial charge in [0.2, 0.25) is 6.29 Å². The fraction of sp³-hybridized carbons (Fsp3) is 0.562. The third-order valence-electron chi connectivity index (χ3n) is 3.66. The number of benzene rings is 1. The zero-order chi connectivity index (χ0) is 13.7. The Morgan fingerprint density at radius 2 is 2.16 bits per heavy atom. The molecule has 1 aromatic carbocycles. The number of carbonyl (C=O) groups excluding carboxylic acids is 1. The third-order valence-corrected chi connectivity index (χ3v) is 3.66. The number of esters is 1. The minimum Gasteiger partial charge on any atom is -0.435 e. The van der Waals surface area contributed by atoms with E-state index in [0.29, 0.717) is 18.9 Å². The van der Waals surface area contributed by atoms with Gasteiger partial charge in [-0.3, -0.25) is 4.79 Å². The van der Waals surface area contributed by atoms with E-state index in [2.05, 4.69) is 26.0 Å². The summed E-state index contributed by atoms with van der Waals surface area (Å²) in [4.78, 5) is 11.7. The molecule has 104 valence electrons. The van der Waals surface area contributed by atoms with E-state index in [1.807, 2.05) is 12.1 Å². The first-order valence-electron chi connectivity index (χ1n) is 7.09. The monoisotopic (exact) mass is 262 g/mol. The van der Waals surface area contributed by atoms with Crippen LogP contribution in [-0.4, -0.2) is 18.9 Å². The van der Waals surface area contributed by atoms with Gasteiger partial charge in [-0.1, -0.05) is 38.1 Å². The van der Waals surface area contributed by atoms with Crippen LogP contribution in [0.4, 0.5) is 0 Å². The zero-order valence-corrected chi connectivity index (χ0v) is 11.7. The first kappa shape index (κ1) is 14.1. The normalized spacial score (nSPS) is 20.2. The lowest BCUT2D eigenvalue weighted by molar-refractivity contribution is -0.168. The molecule has 2 atom stereocenters. The van der Waals surface area contributed by atoms with Crippen LogP contribution >= 0.6 is 0 Å². The SMILES string of the molecule is CCC(C)c1ccc(CC(=O)OC2CCCO2)cc1. The largest absolute Gasteiger partial charge is 0.435 e. The highest BCUT2D eigenvalue weighted by Crippen LogP contribution is 2.19. The molecule has 19 heavy (non-hydrogen) atoms. The van der Waals surface area contributed by atoms with Crippen molar-refractivity contribution < 1.29 is 14.3 Å². The van der Waals surface area contributed by atoms with Crippen LogP contribution in [0.5, 0.6) is 0 Å². The third kappa shape index (κ3) is 4.06. The minimum absolute atomic E-state index is 0.205. The predicted octanol–water partition coefficient (Wildman–Crippen LogP) is 3.42. The lowest BCUT2D eigenvalue weighted by atomic mass is 9.97. The van der Waals surface area contributed by atoms with Crippen LogP contribution in [0.3, 0.4) is 0 Å². The van der Waals surface area contributed by atoms with E-state index in [4.69, 9.17) is 9.47 Å². The molecule has 1 aliphatic heterocycles. The summed E-state index contributed by atoms with van der Waals surface area (Å²) in [7, 11) is 0. The van der Waals surface area contributed by atoms with Gasteiger partial charge in [0.15, 0.2) is 0 Å². The van der Waals surface area contributed by atoms with Crippen LogP contribution in [0.2, 0.25) is 0 Å². The van der Waals surface area contributed by atoms with Crippen LogP contribution in [0.1, 0.15) is 50.2 Å². The molecule has 2 rings (SSSR count). The Hall–Kier alpha value is -1.35. The first-order chi connectivity index (χ1) is 9.19. The quantitative estimate of drug-likeness (QED) is 0.763. The van der Waals surface area contributed by atoms with Gasteiger partial charge in [-0.2, -0.15) is 0 Å². The molecular formula is C16H22O3. The summed E-state index contributed by atoms with van der Waals surface area (Å²) < 4.78 is 10.5. The molecule has 0 amide bonds. The van der Waals surface area contributed by atoms with Crippen molar-refractivity contribution in [2.75, 3.05) is 6.61 Å². The van der Waals surface area contributed by atoms with Crippen molar-refractivity contribution in [1.29, 1.82) is 0 Å². The minimum atomic E-state index is -0.327. The standard InChI is InChI=1S/C16H22O3/c1-3-12(2)14-8-6-13(7-9-14)11-15(17)19-16-5-4-10-18-16/h6-9,12,16H,3-5,10-11H2,1-2H3. The summed E-state index contributed by atoms with van der Waals surface area (Å²) >= 11 is 0. The van der Waals surface area contributed by atoms with Crippen molar-refractivity contribution in [3.8, 4) is 0 Å². The first-order valence-corrected chi connectivity index (χ1v) is 7.09. The molecule has 1 saturated heterocycles. The Kier molecular flexibility index (Phi) is 4.97. The average molecular weight is 262 g/mol. The van der Waals surface area contributed by atoms with Gasteiger partial charge in [0.05, 0.1) is 13.0 Å². The molecule has 0 radical (unpaired) electrons. The van der Waals surface area contributed by atoms with Crippen LogP contribution in [0.15, 0.2) is 24.3 Å². The van der Waals surface area contributed by atoms with E-state index in [9.17, 15) is 4.79 Å². The van der Waals surface area contributed by atoms with Crippen molar-refractivity contribution in [2.24, 2.45) is 0 Å². The summed E-state index contributed by atoms with van der Waals surface area (Å²) in [6, 6.07) is 8.22. The Morgan fingerprint density at radius 3 is 2.74 bits per heavy atom. The number of carbonyl (C=O) groups is 1. The van der Waals surface area contributed by atoms with Gasteiger partial charge >= 0.3 is 5.97 Å². The van der Waals surface area contributed by atoms with Crippen molar-refractivity contribution in [1.82, 2.24) is 0 Å². The second-order valence-corrected chi connectivity index (χ2v) is 5.16. The molecule has 3 heteroatoms. The highest BCUT2D eigenvalue weighted by atomic mass is 16.7. The summed E-state index contributed by atoms with van der Waals surface area (Å²) in [5.74, 6) is 0.357. The van der Waals surface area contributed by atoms with Crippen LogP contribution in [-0.2, 0) is 20.7 Å². The number of hydrogen-bond donors (Lipinski definition) is 0. The smallest absolute Gasteiger partial charge is 0.312 e. The molecule has 1 aromatic rings. The second-order valence-electron chi connectivity index (χ2n) is 5.16. The van der Waals surface area contributed by atoms with E-state index in [-0.39, 0.29) is 12.3 Å². The predicted molar refractivity (Wildman–Crippen MR) is 73.9 cm³/mol. The average Bonchev–Trinajstić information content (AvgIpc) is 2.91. The van der Waals surface area contributed by atoms with Crippen molar-refractivity contribution in [3.05, 3.63) is 35.4 Å². The lowest BCUT2D eigenvalue weighted by Gasteiger charge is -2.12. The summed E-state index contributed by atoms with van der Waals surface area (Å²) in [5.41, 5.74) is 2.31. The summed E-state index contributed by atoms with van der Waals surface area (Å²) in [6.45, 7) is 5.08. The summed E-state index contributed by atoms with van der Waals surface area (Å²) in [6.07, 6.45) is 2.91. The molecule has 0 bridgehead atoms. The Balaban J connectivity index is 1.86. The molecule has 0 spiro atoms. The van der Waals surface area contributed by atoms with Gasteiger partial charge in [-0.15, -0.1) is 0 Å². The molecule has 0 aliphatic carbocycles. The molecule has 1 fully saturated rings. The Bertz CT molecular complexity index is 405. The van der Waals surface area contributed by atoms with Gasteiger partial charge in [-0.25, -0.2) is 0 Å². The summed E-state index contributed by atoms with van der Waals surface area (Å²) in [5, 5.41) is 0. The van der Waals surface area contributed by atoms with Gasteiger partial charge in [0.25, 0.3) is 0 Å². The number of hydrogen-bond acceptors (Lipinski definition) is 3. The highest BCUT2D eigenvalue weighted by Gasteiger charge is 2.19. The zero-order valence-electron chi connectivity index (χ0n) is 11.7. The molecular weight excluding hydrogens is 240 g/mol. The van der Waals surface area contributed by atoms with E-state index >= 15 is 0 Å². The highest BCUT2D eigenvalue weighted by molar-refractivity contribution is 5.72. The molecule has 2 unspecified atom stereocenters. The molecule has 3 nitrogen and oxygen atoms in total. The Labute approximate surface area is 114 Å². The fourth-order valence-corrected chi connectivity index (χ4v) is 2.20. The van der Waals surface area contributed by atoms with Gasteiger partial charge in [0, 0.05) is 6.42 Å². The van der Waals surface area contributed by atoms with E-state index in [0.717, 1.165) is 24.8 Å². The van der Waals surface area contributed by atoms with E-state index in [1.54, 1.807) is 0 Å². The molecule has 1 aliphatic rings. The molecule has 0 saturated carbocycles. The Morgan fingerprint density at radius 1 is 1.42 bits per heavy atom. The van der Waals surface area contributed by atoms with Crippen LogP contribution in [0.25, 0.3) is 0 Å². The van der Waals surface area contributed by atoms with Crippen molar-refractivity contribution in [2.45, 2.75) is 51.7 Å². The fourth-order valence-electron chi connectivity index (χ4n) is 2.20. The number of ether oxygens (including phenoxy) is 2. The lowest BCUT2D eigenvalue weighted by Crippen LogP contribution is -2.18. The van der Waals surface area contributed by atoms with Crippen LogP contribution in [0, 0.1) is 0 Å². The van der Waals surface area contributed by atoms with Crippen molar-refractivity contribution >= 4 is 5.97 Å². The van der Waals surface area contributed by atoms with Gasteiger partial charge in [0.1, 0.15) is 0 Å². The maximum Gasteiger partial charge on any atom is 0.312 e. The van der Waals surface area contributed by atoms with Gasteiger partial charge in [-0.05, 0) is 29.9 Å².